The molecule has 0 saturated heterocycles. The third kappa shape index (κ3) is 5.28. The van der Waals surface area contributed by atoms with Crippen molar-refractivity contribution in [1.29, 1.82) is 0 Å². The van der Waals surface area contributed by atoms with E-state index in [4.69, 9.17) is 11.6 Å². The number of halogens is 2. The highest BCUT2D eigenvalue weighted by atomic mass is 35.5. The summed E-state index contributed by atoms with van der Waals surface area (Å²) in [7, 11) is 0. The first-order chi connectivity index (χ1) is 16.7. The van der Waals surface area contributed by atoms with E-state index in [9.17, 15) is 14.3 Å². The molecule has 2 aromatic carbocycles. The van der Waals surface area contributed by atoms with Crippen molar-refractivity contribution in [3.63, 3.8) is 0 Å². The van der Waals surface area contributed by atoms with Crippen molar-refractivity contribution in [1.82, 2.24) is 14.5 Å². The minimum atomic E-state index is -0.949. The second-order valence-corrected chi connectivity index (χ2v) is 10.6. The fourth-order valence-corrected chi connectivity index (χ4v) is 5.33. The molecule has 9 heteroatoms. The summed E-state index contributed by atoms with van der Waals surface area (Å²) >= 11 is 7.88. The Kier molecular flexibility index (Phi) is 7.33. The van der Waals surface area contributed by atoms with Crippen LogP contribution >= 0.6 is 23.4 Å². The molecule has 0 spiro atoms. The molecular weight excluding hydrogens is 487 g/mol. The molecule has 182 valence electrons. The molecule has 0 aliphatic heterocycles. The molecule has 0 unspecified atom stereocenters. The van der Waals surface area contributed by atoms with Crippen molar-refractivity contribution in [2.75, 3.05) is 11.9 Å². The summed E-state index contributed by atoms with van der Waals surface area (Å²) in [5.41, 5.74) is 4.20. The van der Waals surface area contributed by atoms with Gasteiger partial charge in [-0.2, -0.15) is 0 Å². The van der Waals surface area contributed by atoms with E-state index in [-0.39, 0.29) is 16.6 Å². The predicted octanol–water partition coefficient (Wildman–Crippen LogP) is 6.82. The third-order valence-electron chi connectivity index (χ3n) is 5.72. The number of thioether (sulfide) groups is 1. The molecule has 0 atom stereocenters. The molecule has 2 aromatic heterocycles. The van der Waals surface area contributed by atoms with Gasteiger partial charge in [0.2, 0.25) is 0 Å². The number of rotatable bonds is 8. The first-order valence-corrected chi connectivity index (χ1v) is 12.5. The molecule has 0 aliphatic rings. The Bertz CT molecular complexity index is 1420. The van der Waals surface area contributed by atoms with Crippen molar-refractivity contribution < 1.29 is 14.3 Å². The van der Waals surface area contributed by atoms with Gasteiger partial charge in [0.15, 0.2) is 0 Å². The van der Waals surface area contributed by atoms with Crippen LogP contribution in [-0.4, -0.2) is 37.4 Å². The van der Waals surface area contributed by atoms with E-state index in [0.717, 1.165) is 22.2 Å². The van der Waals surface area contributed by atoms with E-state index >= 15 is 0 Å². The number of aryl methyl sites for hydroxylation is 2. The summed E-state index contributed by atoms with van der Waals surface area (Å²) in [6, 6.07) is 10.4. The Morgan fingerprint density at radius 1 is 1.20 bits per heavy atom. The Balaban J connectivity index is 1.54. The van der Waals surface area contributed by atoms with Gasteiger partial charge in [-0.05, 0) is 43.7 Å². The summed E-state index contributed by atoms with van der Waals surface area (Å²) < 4.78 is 16.2. The van der Waals surface area contributed by atoms with Gasteiger partial charge in [0, 0.05) is 45.9 Å². The maximum atomic E-state index is 14.1. The summed E-state index contributed by atoms with van der Waals surface area (Å²) in [4.78, 5) is 21.0. The van der Waals surface area contributed by atoms with Crippen LogP contribution in [0.3, 0.4) is 0 Å². The maximum absolute atomic E-state index is 14.1. The summed E-state index contributed by atoms with van der Waals surface area (Å²) in [5.74, 6) is -0.606. The van der Waals surface area contributed by atoms with Crippen LogP contribution in [0.5, 0.6) is 0 Å². The van der Waals surface area contributed by atoms with E-state index in [1.165, 1.54) is 24.2 Å². The highest BCUT2D eigenvalue weighted by molar-refractivity contribution is 8.00. The first-order valence-electron chi connectivity index (χ1n) is 11.2. The standard InChI is InChI=1S/C26H26ClFN4O2S/c1-14(2)35-23-10-17(5-6-18(23)26(33)34)22-12-24(31-13-30-22)29-7-8-32-15(3)9-19-16(4)21(28)11-20(27)25(19)32/h5-6,9-14H,7-8H2,1-4H3,(H,33,34)(H,29,30,31). The highest BCUT2D eigenvalue weighted by Crippen LogP contribution is 2.33. The molecule has 0 bridgehead atoms. The van der Waals surface area contributed by atoms with Crippen molar-refractivity contribution in [2.45, 2.75) is 44.4 Å². The van der Waals surface area contributed by atoms with Crippen LogP contribution in [0.1, 0.15) is 35.5 Å². The fraction of sp³-hybridized carbons (Fsp3) is 0.269. The molecule has 6 nitrogen and oxygen atoms in total. The number of nitrogens with one attached hydrogen (secondary N) is 1. The molecule has 4 rings (SSSR count). The second kappa shape index (κ2) is 10.3. The minimum Gasteiger partial charge on any atom is -0.478 e. The number of aromatic carboxylic acids is 1. The van der Waals surface area contributed by atoms with Crippen LogP contribution in [0.25, 0.3) is 22.2 Å². The topological polar surface area (TPSA) is 80.0 Å². The predicted molar refractivity (Wildman–Crippen MR) is 140 cm³/mol. The maximum Gasteiger partial charge on any atom is 0.336 e. The number of carbonyl (C=O) groups is 1. The Morgan fingerprint density at radius 2 is 1.97 bits per heavy atom. The molecule has 0 radical (unpaired) electrons. The van der Waals surface area contributed by atoms with E-state index in [0.29, 0.717) is 40.1 Å². The number of nitrogens with zero attached hydrogens (tertiary/aromatic N) is 3. The number of benzene rings is 2. The van der Waals surface area contributed by atoms with Crippen molar-refractivity contribution in [3.05, 3.63) is 70.4 Å². The Labute approximate surface area is 212 Å². The van der Waals surface area contributed by atoms with Gasteiger partial charge in [-0.15, -0.1) is 11.8 Å². The normalized spacial score (nSPS) is 11.4. The van der Waals surface area contributed by atoms with Gasteiger partial charge in [0.05, 0.1) is 21.8 Å². The lowest BCUT2D eigenvalue weighted by molar-refractivity contribution is 0.0693. The highest BCUT2D eigenvalue weighted by Gasteiger charge is 2.16. The molecule has 2 heterocycles. The van der Waals surface area contributed by atoms with Crippen LogP contribution in [0, 0.1) is 19.7 Å². The monoisotopic (exact) mass is 512 g/mol. The number of fused-ring (bicyclic) bond motifs is 1. The average molecular weight is 513 g/mol. The van der Waals surface area contributed by atoms with Gasteiger partial charge >= 0.3 is 5.97 Å². The summed E-state index contributed by atoms with van der Waals surface area (Å²) in [5, 5.41) is 14.3. The lowest BCUT2D eigenvalue weighted by Gasteiger charge is -2.13. The zero-order chi connectivity index (χ0) is 25.3. The smallest absolute Gasteiger partial charge is 0.336 e. The number of anilines is 1. The number of carboxylic acids is 1. The molecule has 0 fully saturated rings. The summed E-state index contributed by atoms with van der Waals surface area (Å²) in [6.45, 7) is 8.96. The van der Waals surface area contributed by atoms with Crippen LogP contribution in [-0.2, 0) is 6.54 Å². The van der Waals surface area contributed by atoms with E-state index in [2.05, 4.69) is 19.9 Å². The molecule has 0 aliphatic carbocycles. The van der Waals surface area contributed by atoms with Gasteiger partial charge in [0.1, 0.15) is 18.0 Å². The molecule has 0 amide bonds. The largest absolute Gasteiger partial charge is 0.478 e. The zero-order valence-corrected chi connectivity index (χ0v) is 21.5. The van der Waals surface area contributed by atoms with Gasteiger partial charge in [0.25, 0.3) is 0 Å². The molecule has 4 aromatic rings. The average Bonchev–Trinajstić information content (AvgIpc) is 3.14. The minimum absolute atomic E-state index is 0.244. The fourth-order valence-electron chi connectivity index (χ4n) is 4.04. The Morgan fingerprint density at radius 3 is 2.69 bits per heavy atom. The third-order valence-corrected chi connectivity index (χ3v) is 7.08. The Hall–Kier alpha value is -3.10. The summed E-state index contributed by atoms with van der Waals surface area (Å²) in [6.07, 6.45) is 1.48. The zero-order valence-electron chi connectivity index (χ0n) is 19.9. The van der Waals surface area contributed by atoms with Crippen LogP contribution in [0.15, 0.2) is 47.6 Å². The van der Waals surface area contributed by atoms with E-state index in [1.807, 2.05) is 39.0 Å². The van der Waals surface area contributed by atoms with Crippen molar-refractivity contribution >= 4 is 46.1 Å². The lowest BCUT2D eigenvalue weighted by atomic mass is 10.1. The molecule has 35 heavy (non-hydrogen) atoms. The number of aromatic nitrogens is 3. The number of hydrogen-bond donors (Lipinski definition) is 2. The molecular formula is C26H26ClFN4O2S. The van der Waals surface area contributed by atoms with E-state index in [1.54, 1.807) is 19.1 Å². The quantitative estimate of drug-likeness (QED) is 0.252. The van der Waals surface area contributed by atoms with Crippen LogP contribution in [0.2, 0.25) is 5.02 Å². The van der Waals surface area contributed by atoms with Gasteiger partial charge in [-0.25, -0.2) is 19.2 Å². The molecule has 0 saturated carbocycles. The number of carboxylic acid groups (broad SMARTS) is 1. The second-order valence-electron chi connectivity index (χ2n) is 8.56. The van der Waals surface area contributed by atoms with Crippen molar-refractivity contribution in [2.24, 2.45) is 0 Å². The van der Waals surface area contributed by atoms with Gasteiger partial charge < -0.3 is 15.0 Å². The van der Waals surface area contributed by atoms with Crippen LogP contribution in [0.4, 0.5) is 10.2 Å². The SMILES string of the molecule is Cc1c(F)cc(Cl)c2c1cc(C)n2CCNc1cc(-c2ccc(C(=O)O)c(SC(C)C)c2)ncn1. The lowest BCUT2D eigenvalue weighted by Crippen LogP contribution is -2.12. The van der Waals surface area contributed by atoms with Gasteiger partial charge in [-0.3, -0.25) is 0 Å². The van der Waals surface area contributed by atoms with E-state index < -0.39 is 5.97 Å². The number of hydrogen-bond acceptors (Lipinski definition) is 5. The van der Waals surface area contributed by atoms with Gasteiger partial charge in [-0.1, -0.05) is 31.5 Å². The molecule has 2 N–H and O–H groups in total. The van der Waals surface area contributed by atoms with Crippen molar-refractivity contribution in [3.8, 4) is 11.3 Å². The first kappa shape index (κ1) is 25.0. The van der Waals surface area contributed by atoms with Crippen LogP contribution < -0.4 is 5.32 Å².